The SMILES string of the molecule is COc1ccc(-c2ccc(C(C)(C)C)cc2)c(N2CCC(COc3cccc([Si](CC(=O)O)C4CC4)c3)CC2)c1. The summed E-state index contributed by atoms with van der Waals surface area (Å²) in [4.78, 5) is 13.9. The predicted octanol–water partition coefficient (Wildman–Crippen LogP) is 6.91. The minimum absolute atomic E-state index is 0.130. The fraction of sp³-hybridized carbons (Fsp3) is 0.441. The van der Waals surface area contributed by atoms with Gasteiger partial charge in [-0.05, 0) is 65.1 Å². The number of benzene rings is 3. The van der Waals surface area contributed by atoms with Gasteiger partial charge in [-0.3, -0.25) is 4.79 Å². The van der Waals surface area contributed by atoms with Gasteiger partial charge in [-0.25, -0.2) is 0 Å². The standard InChI is InChI=1S/C34H42NO4Si/c1-34(2,3)26-10-8-25(9-11-26)31-15-12-27(38-4)21-32(31)35-18-16-24(17-19-35)22-39-28-6-5-7-30(20-28)40(23-33(36)37)29-13-14-29/h5-12,15,20-21,24,29H,13-14,16-19,22-23H2,1-4H3,(H,36,37). The molecule has 0 aromatic heterocycles. The van der Waals surface area contributed by atoms with Gasteiger partial charge in [0, 0.05) is 36.5 Å². The number of carbonyl (C=O) groups is 1. The van der Waals surface area contributed by atoms with Crippen LogP contribution in [-0.2, 0) is 10.2 Å². The van der Waals surface area contributed by atoms with Crippen molar-refractivity contribution in [3.8, 4) is 22.6 Å². The van der Waals surface area contributed by atoms with Crippen LogP contribution in [0, 0.1) is 5.92 Å². The Morgan fingerprint density at radius 2 is 1.68 bits per heavy atom. The molecule has 0 bridgehead atoms. The zero-order valence-corrected chi connectivity index (χ0v) is 25.3. The van der Waals surface area contributed by atoms with Crippen LogP contribution in [0.1, 0.15) is 52.0 Å². The van der Waals surface area contributed by atoms with Crippen molar-refractivity contribution in [1.82, 2.24) is 0 Å². The molecule has 0 amide bonds. The van der Waals surface area contributed by atoms with Gasteiger partial charge in [0.15, 0.2) is 0 Å². The van der Waals surface area contributed by atoms with Crippen molar-refractivity contribution in [1.29, 1.82) is 0 Å². The summed E-state index contributed by atoms with van der Waals surface area (Å²) in [5.41, 5.74) is 5.75. The highest BCUT2D eigenvalue weighted by molar-refractivity contribution is 6.77. The molecule has 0 atom stereocenters. The van der Waals surface area contributed by atoms with Crippen LogP contribution in [0.25, 0.3) is 11.1 Å². The average Bonchev–Trinajstić information content (AvgIpc) is 3.80. The number of hydrogen-bond donors (Lipinski definition) is 1. The summed E-state index contributed by atoms with van der Waals surface area (Å²) >= 11 is 0. The summed E-state index contributed by atoms with van der Waals surface area (Å²) in [5, 5.41) is 10.6. The maximum atomic E-state index is 11.4. The number of hydrogen-bond acceptors (Lipinski definition) is 4. The van der Waals surface area contributed by atoms with Crippen LogP contribution in [0.3, 0.4) is 0 Å². The van der Waals surface area contributed by atoms with Gasteiger partial charge in [0.2, 0.25) is 0 Å². The highest BCUT2D eigenvalue weighted by atomic mass is 28.3. The first-order valence-corrected chi connectivity index (χ1v) is 16.3. The first kappa shape index (κ1) is 28.3. The summed E-state index contributed by atoms with van der Waals surface area (Å²) in [6.45, 7) is 9.38. The largest absolute Gasteiger partial charge is 0.497 e. The summed E-state index contributed by atoms with van der Waals surface area (Å²) in [6, 6.07) is 23.9. The maximum absolute atomic E-state index is 11.4. The van der Waals surface area contributed by atoms with E-state index in [0.717, 1.165) is 37.4 Å². The molecule has 1 heterocycles. The van der Waals surface area contributed by atoms with E-state index in [9.17, 15) is 9.90 Å². The zero-order chi connectivity index (χ0) is 28.3. The van der Waals surface area contributed by atoms with E-state index in [4.69, 9.17) is 9.47 Å². The maximum Gasteiger partial charge on any atom is 0.300 e. The smallest absolute Gasteiger partial charge is 0.300 e. The van der Waals surface area contributed by atoms with Crippen molar-refractivity contribution in [2.45, 2.75) is 63.5 Å². The average molecular weight is 557 g/mol. The van der Waals surface area contributed by atoms with Crippen molar-refractivity contribution < 1.29 is 19.4 Å². The number of nitrogens with zero attached hydrogens (tertiary/aromatic N) is 1. The second kappa shape index (κ2) is 12.1. The third-order valence-electron chi connectivity index (χ3n) is 8.32. The number of ether oxygens (including phenoxy) is 2. The molecular formula is C34H42NO4Si. The number of aliphatic carboxylic acids is 1. The number of rotatable bonds is 10. The Morgan fingerprint density at radius 1 is 0.950 bits per heavy atom. The number of piperidine rings is 1. The Labute approximate surface area is 240 Å². The molecule has 2 fully saturated rings. The first-order chi connectivity index (χ1) is 19.2. The van der Waals surface area contributed by atoms with Gasteiger partial charge in [0.1, 0.15) is 20.3 Å². The minimum atomic E-state index is -1.07. The molecule has 211 valence electrons. The quantitative estimate of drug-likeness (QED) is 0.275. The van der Waals surface area contributed by atoms with Gasteiger partial charge in [0.25, 0.3) is 0 Å². The topological polar surface area (TPSA) is 59.0 Å². The molecule has 1 saturated carbocycles. The lowest BCUT2D eigenvalue weighted by Crippen LogP contribution is -2.36. The number of methoxy groups -OCH3 is 1. The fourth-order valence-corrected chi connectivity index (χ4v) is 8.50. The Balaban J connectivity index is 1.23. The van der Waals surface area contributed by atoms with Crippen LogP contribution in [0.5, 0.6) is 11.5 Å². The molecule has 3 aromatic carbocycles. The predicted molar refractivity (Wildman–Crippen MR) is 165 cm³/mol. The van der Waals surface area contributed by atoms with E-state index in [1.54, 1.807) is 7.11 Å². The molecule has 5 rings (SSSR count). The van der Waals surface area contributed by atoms with E-state index in [-0.39, 0.29) is 5.41 Å². The van der Waals surface area contributed by atoms with Crippen LogP contribution in [0.4, 0.5) is 5.69 Å². The van der Waals surface area contributed by atoms with Gasteiger partial charge in [0.05, 0.1) is 13.7 Å². The summed E-state index contributed by atoms with van der Waals surface area (Å²) in [5.74, 6) is 1.57. The summed E-state index contributed by atoms with van der Waals surface area (Å²) in [6.07, 6.45) is 4.47. The third-order valence-corrected chi connectivity index (χ3v) is 11.6. The van der Waals surface area contributed by atoms with Crippen LogP contribution < -0.4 is 19.6 Å². The van der Waals surface area contributed by atoms with Crippen LogP contribution in [-0.4, -0.2) is 46.7 Å². The first-order valence-electron chi connectivity index (χ1n) is 14.6. The van der Waals surface area contributed by atoms with Crippen molar-refractivity contribution in [3.05, 3.63) is 72.3 Å². The van der Waals surface area contributed by atoms with Crippen molar-refractivity contribution >= 4 is 25.6 Å². The summed E-state index contributed by atoms with van der Waals surface area (Å²) < 4.78 is 11.9. The molecule has 6 heteroatoms. The van der Waals surface area contributed by atoms with Crippen LogP contribution >= 0.6 is 0 Å². The second-order valence-electron chi connectivity index (χ2n) is 12.3. The Morgan fingerprint density at radius 3 is 2.30 bits per heavy atom. The van der Waals surface area contributed by atoms with E-state index >= 15 is 0 Å². The van der Waals surface area contributed by atoms with Crippen LogP contribution in [0.2, 0.25) is 11.6 Å². The van der Waals surface area contributed by atoms with Crippen molar-refractivity contribution in [3.63, 3.8) is 0 Å². The van der Waals surface area contributed by atoms with Gasteiger partial charge in [-0.1, -0.05) is 75.2 Å². The molecule has 1 saturated heterocycles. The molecule has 1 aliphatic heterocycles. The zero-order valence-electron chi connectivity index (χ0n) is 24.3. The van der Waals surface area contributed by atoms with Crippen LogP contribution in [0.15, 0.2) is 66.7 Å². The lowest BCUT2D eigenvalue weighted by atomic mass is 9.86. The highest BCUT2D eigenvalue weighted by Crippen LogP contribution is 2.41. The van der Waals surface area contributed by atoms with E-state index in [1.165, 1.54) is 40.4 Å². The van der Waals surface area contributed by atoms with Gasteiger partial charge < -0.3 is 19.5 Å². The van der Waals surface area contributed by atoms with E-state index in [2.05, 4.69) is 80.3 Å². The van der Waals surface area contributed by atoms with Gasteiger partial charge >= 0.3 is 5.97 Å². The molecule has 3 aromatic rings. The highest BCUT2D eigenvalue weighted by Gasteiger charge is 2.35. The normalized spacial score (nSPS) is 16.3. The van der Waals surface area contributed by atoms with E-state index in [0.29, 0.717) is 24.1 Å². The molecule has 5 nitrogen and oxygen atoms in total. The third kappa shape index (κ3) is 6.90. The fourth-order valence-electron chi connectivity index (χ4n) is 5.71. The molecular weight excluding hydrogens is 514 g/mol. The molecule has 1 N–H and O–H groups in total. The lowest BCUT2D eigenvalue weighted by molar-refractivity contribution is -0.134. The van der Waals surface area contributed by atoms with Crippen molar-refractivity contribution in [2.75, 3.05) is 31.7 Å². The lowest BCUT2D eigenvalue weighted by Gasteiger charge is -2.35. The van der Waals surface area contributed by atoms with Crippen molar-refractivity contribution in [2.24, 2.45) is 5.92 Å². The molecule has 2 aliphatic rings. The van der Waals surface area contributed by atoms with E-state index < -0.39 is 14.8 Å². The van der Waals surface area contributed by atoms with E-state index in [1.807, 2.05) is 12.1 Å². The van der Waals surface area contributed by atoms with Gasteiger partial charge in [-0.15, -0.1) is 0 Å². The number of carboxylic acids is 1. The molecule has 0 unspecified atom stereocenters. The molecule has 1 radical (unpaired) electrons. The number of carboxylic acid groups (broad SMARTS) is 1. The van der Waals surface area contributed by atoms with Gasteiger partial charge in [-0.2, -0.15) is 0 Å². The summed E-state index contributed by atoms with van der Waals surface area (Å²) in [7, 11) is 0.660. The minimum Gasteiger partial charge on any atom is -0.497 e. The molecule has 0 spiro atoms. The Bertz CT molecular complexity index is 1300. The molecule has 1 aliphatic carbocycles. The Kier molecular flexibility index (Phi) is 8.55. The molecule has 40 heavy (non-hydrogen) atoms. The monoisotopic (exact) mass is 556 g/mol. The second-order valence-corrected chi connectivity index (χ2v) is 15.1. The number of anilines is 1. The Hall–Kier alpha value is -3.25.